The van der Waals surface area contributed by atoms with E-state index in [9.17, 15) is 4.79 Å². The lowest BCUT2D eigenvalue weighted by atomic mass is 10.2. The minimum absolute atomic E-state index is 0.0500. The van der Waals surface area contributed by atoms with Crippen molar-refractivity contribution < 1.29 is 9.21 Å². The van der Waals surface area contributed by atoms with Crippen molar-refractivity contribution in [2.75, 3.05) is 37.6 Å². The van der Waals surface area contributed by atoms with E-state index < -0.39 is 0 Å². The highest BCUT2D eigenvalue weighted by molar-refractivity contribution is 6.05. The van der Waals surface area contributed by atoms with Crippen molar-refractivity contribution in [2.24, 2.45) is 0 Å². The van der Waals surface area contributed by atoms with E-state index in [0.717, 1.165) is 59.6 Å². The van der Waals surface area contributed by atoms with Crippen molar-refractivity contribution in [3.63, 3.8) is 0 Å². The van der Waals surface area contributed by atoms with Crippen LogP contribution in [0.4, 0.5) is 5.82 Å². The summed E-state index contributed by atoms with van der Waals surface area (Å²) in [6, 6.07) is 17.9. The van der Waals surface area contributed by atoms with Gasteiger partial charge in [-0.2, -0.15) is 0 Å². The molecule has 0 radical (unpaired) electrons. The van der Waals surface area contributed by atoms with E-state index in [-0.39, 0.29) is 5.91 Å². The van der Waals surface area contributed by atoms with Gasteiger partial charge in [0.25, 0.3) is 0 Å². The second-order valence-electron chi connectivity index (χ2n) is 7.50. The monoisotopic (exact) mass is 401 g/mol. The van der Waals surface area contributed by atoms with Crippen LogP contribution in [0.3, 0.4) is 0 Å². The van der Waals surface area contributed by atoms with Crippen LogP contribution >= 0.6 is 0 Å². The average Bonchev–Trinajstić information content (AvgIpc) is 3.18. The molecule has 3 heterocycles. The third-order valence-corrected chi connectivity index (χ3v) is 5.51. The summed E-state index contributed by atoms with van der Waals surface area (Å²) in [5.74, 6) is 0.874. The van der Waals surface area contributed by atoms with Gasteiger partial charge in [0.15, 0.2) is 11.4 Å². The molecule has 5 rings (SSSR count). The number of carbonyl (C=O) groups excluding carboxylic acids is 1. The van der Waals surface area contributed by atoms with Crippen LogP contribution in [-0.2, 0) is 11.3 Å². The normalized spacial score (nSPS) is 15.0. The fourth-order valence-electron chi connectivity index (χ4n) is 3.91. The smallest absolute Gasteiger partial charge is 0.234 e. The summed E-state index contributed by atoms with van der Waals surface area (Å²) in [4.78, 5) is 25.6. The molecule has 7 nitrogen and oxygen atoms in total. The summed E-state index contributed by atoms with van der Waals surface area (Å²) < 4.78 is 6.06. The molecule has 1 N–H and O–H groups in total. The molecule has 1 aliphatic rings. The number of amides is 1. The summed E-state index contributed by atoms with van der Waals surface area (Å²) in [5.41, 5.74) is 3.50. The van der Waals surface area contributed by atoms with Crippen LogP contribution in [0.1, 0.15) is 5.56 Å². The number of fused-ring (bicyclic) bond motifs is 3. The van der Waals surface area contributed by atoms with Gasteiger partial charge in [0, 0.05) is 38.1 Å². The second-order valence-corrected chi connectivity index (χ2v) is 7.50. The molecule has 1 aliphatic heterocycles. The van der Waals surface area contributed by atoms with Gasteiger partial charge in [0.2, 0.25) is 5.91 Å². The molecule has 30 heavy (non-hydrogen) atoms. The predicted octanol–water partition coefficient (Wildman–Crippen LogP) is 2.81. The number of anilines is 1. The number of aromatic nitrogens is 2. The first-order valence-corrected chi connectivity index (χ1v) is 10.2. The van der Waals surface area contributed by atoms with Gasteiger partial charge in [-0.3, -0.25) is 9.69 Å². The maximum Gasteiger partial charge on any atom is 0.234 e. The van der Waals surface area contributed by atoms with Gasteiger partial charge in [0.1, 0.15) is 17.4 Å². The quantitative estimate of drug-likeness (QED) is 0.554. The highest BCUT2D eigenvalue weighted by atomic mass is 16.3. The van der Waals surface area contributed by atoms with E-state index >= 15 is 0 Å². The maximum absolute atomic E-state index is 12.3. The number of hydrogen-bond acceptors (Lipinski definition) is 6. The minimum atomic E-state index is 0.0500. The lowest BCUT2D eigenvalue weighted by molar-refractivity contribution is -0.122. The molecule has 2 aromatic heterocycles. The van der Waals surface area contributed by atoms with E-state index in [1.165, 1.54) is 0 Å². The first-order chi connectivity index (χ1) is 14.8. The molecule has 0 bridgehead atoms. The number of nitrogens with one attached hydrogen (secondary N) is 1. The first kappa shape index (κ1) is 18.6. The molecule has 1 fully saturated rings. The molecule has 1 saturated heterocycles. The summed E-state index contributed by atoms with van der Waals surface area (Å²) in [7, 11) is 0. The SMILES string of the molecule is O=C(CN1CCN(c2ncnc3c2oc2ccccc23)CC1)NCc1ccccc1. The molecular formula is C23H23N5O2. The van der Waals surface area contributed by atoms with E-state index in [1.54, 1.807) is 6.33 Å². The number of carbonyl (C=O) groups is 1. The minimum Gasteiger partial charge on any atom is -0.450 e. The Morgan fingerprint density at radius 3 is 2.57 bits per heavy atom. The van der Waals surface area contributed by atoms with E-state index in [4.69, 9.17) is 4.42 Å². The largest absolute Gasteiger partial charge is 0.450 e. The van der Waals surface area contributed by atoms with Crippen molar-refractivity contribution in [2.45, 2.75) is 6.54 Å². The van der Waals surface area contributed by atoms with E-state index in [0.29, 0.717) is 13.1 Å². The number of piperazine rings is 1. The molecular weight excluding hydrogens is 378 g/mol. The molecule has 0 atom stereocenters. The molecule has 152 valence electrons. The highest BCUT2D eigenvalue weighted by Crippen LogP contribution is 2.32. The van der Waals surface area contributed by atoms with Crippen molar-refractivity contribution in [3.05, 3.63) is 66.5 Å². The molecule has 1 amide bonds. The Balaban J connectivity index is 1.21. The van der Waals surface area contributed by atoms with Gasteiger partial charge >= 0.3 is 0 Å². The number of para-hydroxylation sites is 1. The average molecular weight is 401 g/mol. The van der Waals surface area contributed by atoms with Crippen LogP contribution in [0.15, 0.2) is 65.3 Å². The summed E-state index contributed by atoms with van der Waals surface area (Å²) >= 11 is 0. The standard InChI is InChI=1S/C23H23N5O2/c29-20(24-14-17-6-2-1-3-7-17)15-27-10-12-28(13-11-27)23-22-21(25-16-26-23)18-8-4-5-9-19(18)30-22/h1-9,16H,10-15H2,(H,24,29). The lowest BCUT2D eigenvalue weighted by Gasteiger charge is -2.34. The number of rotatable bonds is 5. The summed E-state index contributed by atoms with van der Waals surface area (Å²) in [6.07, 6.45) is 1.60. The Hall–Kier alpha value is -3.45. The second kappa shape index (κ2) is 8.12. The zero-order valence-electron chi connectivity index (χ0n) is 16.6. The van der Waals surface area contributed by atoms with Crippen LogP contribution in [-0.4, -0.2) is 53.5 Å². The number of benzene rings is 2. The Morgan fingerprint density at radius 1 is 0.967 bits per heavy atom. The molecule has 0 saturated carbocycles. The van der Waals surface area contributed by atoms with Gasteiger partial charge in [0.05, 0.1) is 6.54 Å². The van der Waals surface area contributed by atoms with Gasteiger partial charge in [-0.25, -0.2) is 9.97 Å². The van der Waals surface area contributed by atoms with Gasteiger partial charge < -0.3 is 14.6 Å². The highest BCUT2D eigenvalue weighted by Gasteiger charge is 2.23. The Labute approximate surface area is 174 Å². The Morgan fingerprint density at radius 2 is 1.73 bits per heavy atom. The van der Waals surface area contributed by atoms with Crippen molar-refractivity contribution in [1.29, 1.82) is 0 Å². The zero-order valence-corrected chi connectivity index (χ0v) is 16.6. The van der Waals surface area contributed by atoms with Crippen LogP contribution < -0.4 is 10.2 Å². The van der Waals surface area contributed by atoms with Gasteiger partial charge in [-0.1, -0.05) is 42.5 Å². The topological polar surface area (TPSA) is 74.5 Å². The zero-order chi connectivity index (χ0) is 20.3. The molecule has 2 aromatic carbocycles. The molecule has 7 heteroatoms. The van der Waals surface area contributed by atoms with Gasteiger partial charge in [-0.15, -0.1) is 0 Å². The lowest BCUT2D eigenvalue weighted by Crippen LogP contribution is -2.49. The maximum atomic E-state index is 12.3. The van der Waals surface area contributed by atoms with Crippen molar-refractivity contribution >= 4 is 33.8 Å². The predicted molar refractivity (Wildman–Crippen MR) is 116 cm³/mol. The van der Waals surface area contributed by atoms with Crippen molar-refractivity contribution in [1.82, 2.24) is 20.2 Å². The molecule has 0 unspecified atom stereocenters. The van der Waals surface area contributed by atoms with E-state index in [2.05, 4.69) is 25.1 Å². The van der Waals surface area contributed by atoms with Crippen LogP contribution in [0.25, 0.3) is 22.1 Å². The summed E-state index contributed by atoms with van der Waals surface area (Å²) in [6.45, 7) is 4.13. The fourth-order valence-corrected chi connectivity index (χ4v) is 3.91. The van der Waals surface area contributed by atoms with E-state index in [1.807, 2.05) is 54.6 Å². The molecule has 4 aromatic rings. The number of hydrogen-bond donors (Lipinski definition) is 1. The first-order valence-electron chi connectivity index (χ1n) is 10.2. The number of nitrogens with zero attached hydrogens (tertiary/aromatic N) is 4. The Kier molecular flexibility index (Phi) is 5.03. The number of furan rings is 1. The van der Waals surface area contributed by atoms with Crippen LogP contribution in [0, 0.1) is 0 Å². The molecule has 0 spiro atoms. The van der Waals surface area contributed by atoms with Crippen LogP contribution in [0.5, 0.6) is 0 Å². The van der Waals surface area contributed by atoms with Crippen LogP contribution in [0.2, 0.25) is 0 Å². The van der Waals surface area contributed by atoms with Crippen molar-refractivity contribution in [3.8, 4) is 0 Å². The Bertz CT molecular complexity index is 1170. The third kappa shape index (κ3) is 3.71. The molecule has 0 aliphatic carbocycles. The van der Waals surface area contributed by atoms with Gasteiger partial charge in [-0.05, 0) is 17.7 Å². The summed E-state index contributed by atoms with van der Waals surface area (Å²) in [5, 5.41) is 4.00. The third-order valence-electron chi connectivity index (χ3n) is 5.51. The fraction of sp³-hybridized carbons (Fsp3) is 0.261.